The van der Waals surface area contributed by atoms with E-state index in [1.165, 1.54) is 12.8 Å². The lowest BCUT2D eigenvalue weighted by atomic mass is 10.1. The molecule has 156 valence electrons. The summed E-state index contributed by atoms with van der Waals surface area (Å²) in [5, 5.41) is 2.95. The van der Waals surface area contributed by atoms with Gasteiger partial charge in [0.2, 0.25) is 5.91 Å². The minimum absolute atomic E-state index is 0.0918. The molecule has 0 saturated heterocycles. The normalized spacial score (nSPS) is 14.0. The summed E-state index contributed by atoms with van der Waals surface area (Å²) in [5.74, 6) is 0.790. The van der Waals surface area contributed by atoms with Gasteiger partial charge in [-0.3, -0.25) is 9.36 Å². The highest BCUT2D eigenvalue weighted by atomic mass is 16.5. The number of nitrogens with one attached hydrogen (secondary N) is 2. The lowest BCUT2D eigenvalue weighted by Gasteiger charge is -2.14. The first-order chi connectivity index (χ1) is 14.6. The van der Waals surface area contributed by atoms with Gasteiger partial charge in [-0.05, 0) is 68.9 Å². The Morgan fingerprint density at radius 2 is 1.97 bits per heavy atom. The molecule has 1 aliphatic rings. The summed E-state index contributed by atoms with van der Waals surface area (Å²) < 4.78 is 7.62. The quantitative estimate of drug-likeness (QED) is 0.613. The Kier molecular flexibility index (Phi) is 6.02. The lowest BCUT2D eigenvalue weighted by molar-refractivity contribution is -0.116. The van der Waals surface area contributed by atoms with Crippen LogP contribution in [0.5, 0.6) is 5.75 Å². The third-order valence-corrected chi connectivity index (χ3v) is 5.52. The number of aromatic amines is 1. The fourth-order valence-electron chi connectivity index (χ4n) is 3.97. The number of imidazole rings is 1. The predicted molar refractivity (Wildman–Crippen MR) is 117 cm³/mol. The van der Waals surface area contributed by atoms with Gasteiger partial charge in [-0.25, -0.2) is 4.79 Å². The molecule has 0 radical (unpaired) electrons. The van der Waals surface area contributed by atoms with E-state index < -0.39 is 0 Å². The van der Waals surface area contributed by atoms with Gasteiger partial charge in [0.15, 0.2) is 0 Å². The van der Waals surface area contributed by atoms with E-state index >= 15 is 0 Å². The number of hydrogen-bond donors (Lipinski definition) is 2. The summed E-state index contributed by atoms with van der Waals surface area (Å²) in [6.45, 7) is 1.84. The van der Waals surface area contributed by atoms with Crippen LogP contribution >= 0.6 is 0 Å². The zero-order valence-corrected chi connectivity index (χ0v) is 17.2. The summed E-state index contributed by atoms with van der Waals surface area (Å²) in [4.78, 5) is 27.4. The van der Waals surface area contributed by atoms with E-state index in [0.29, 0.717) is 30.3 Å². The maximum Gasteiger partial charge on any atom is 0.330 e. The molecule has 2 aromatic carbocycles. The monoisotopic (exact) mass is 405 g/mol. The molecule has 0 bridgehead atoms. The first-order valence-electron chi connectivity index (χ1n) is 10.5. The number of carbonyl (C=O) groups is 1. The lowest BCUT2D eigenvalue weighted by Crippen LogP contribution is -2.19. The van der Waals surface area contributed by atoms with E-state index in [0.717, 1.165) is 29.8 Å². The van der Waals surface area contributed by atoms with Crippen molar-refractivity contribution in [2.45, 2.75) is 51.6 Å². The Morgan fingerprint density at radius 1 is 1.17 bits per heavy atom. The molecule has 2 N–H and O–H groups in total. The van der Waals surface area contributed by atoms with E-state index in [2.05, 4.69) is 10.3 Å². The van der Waals surface area contributed by atoms with E-state index in [1.54, 1.807) is 10.8 Å². The van der Waals surface area contributed by atoms with E-state index in [1.807, 2.05) is 55.5 Å². The average molecular weight is 405 g/mol. The van der Waals surface area contributed by atoms with Crippen molar-refractivity contribution >= 4 is 11.6 Å². The minimum atomic E-state index is -0.228. The van der Waals surface area contributed by atoms with Crippen LogP contribution in [0.15, 0.2) is 59.5 Å². The van der Waals surface area contributed by atoms with Crippen molar-refractivity contribution in [1.29, 1.82) is 0 Å². The van der Waals surface area contributed by atoms with Gasteiger partial charge in [0.1, 0.15) is 5.75 Å². The smallest absolute Gasteiger partial charge is 0.330 e. The number of ether oxygens (including phenoxy) is 1. The number of para-hydroxylation sites is 2. The molecule has 4 rings (SSSR count). The summed E-state index contributed by atoms with van der Waals surface area (Å²) in [7, 11) is 0. The molecule has 0 atom stereocenters. The second-order valence-corrected chi connectivity index (χ2v) is 7.81. The highest BCUT2D eigenvalue weighted by Gasteiger charge is 2.16. The SMILES string of the molecule is Cc1c[nH]c(=O)n1-c1ccccc1NC(=O)CCc1cccc(OC2CCCC2)c1. The molecule has 1 heterocycles. The molecule has 6 heteroatoms. The van der Waals surface area contributed by atoms with E-state index in [-0.39, 0.29) is 11.6 Å². The molecule has 1 aromatic heterocycles. The molecule has 30 heavy (non-hydrogen) atoms. The molecular weight excluding hydrogens is 378 g/mol. The van der Waals surface area contributed by atoms with Gasteiger partial charge in [0, 0.05) is 18.3 Å². The van der Waals surface area contributed by atoms with Crippen LogP contribution < -0.4 is 15.7 Å². The molecular formula is C24H27N3O3. The molecule has 6 nitrogen and oxygen atoms in total. The molecule has 0 aliphatic heterocycles. The Balaban J connectivity index is 1.40. The maximum absolute atomic E-state index is 12.6. The highest BCUT2D eigenvalue weighted by Crippen LogP contribution is 2.25. The standard InChI is InChI=1S/C24H27N3O3/c1-17-16-25-24(29)27(17)22-12-5-4-11-21(22)26-23(28)14-13-18-7-6-10-20(15-18)30-19-8-2-3-9-19/h4-7,10-12,15-16,19H,2-3,8-9,13-14H2,1H3,(H,25,29)(H,26,28). The van der Waals surface area contributed by atoms with Crippen LogP contribution in [0.4, 0.5) is 5.69 Å². The highest BCUT2D eigenvalue weighted by molar-refractivity contribution is 5.93. The summed E-state index contributed by atoms with van der Waals surface area (Å²) in [5.41, 5.74) is 2.90. The number of aryl methyl sites for hydroxylation is 2. The number of nitrogens with zero attached hydrogens (tertiary/aromatic N) is 1. The Labute approximate surface area is 175 Å². The Hall–Kier alpha value is -3.28. The van der Waals surface area contributed by atoms with Crippen LogP contribution in [-0.2, 0) is 11.2 Å². The number of hydrogen-bond acceptors (Lipinski definition) is 3. The van der Waals surface area contributed by atoms with Crippen LogP contribution in [-0.4, -0.2) is 21.6 Å². The number of benzene rings is 2. The number of H-pyrrole nitrogens is 1. The van der Waals surface area contributed by atoms with Crippen LogP contribution in [0, 0.1) is 6.92 Å². The van der Waals surface area contributed by atoms with Crippen LogP contribution in [0.25, 0.3) is 5.69 Å². The zero-order chi connectivity index (χ0) is 20.9. The second-order valence-electron chi connectivity index (χ2n) is 7.81. The molecule has 1 aliphatic carbocycles. The van der Waals surface area contributed by atoms with Gasteiger partial charge in [-0.1, -0.05) is 24.3 Å². The minimum Gasteiger partial charge on any atom is -0.490 e. The van der Waals surface area contributed by atoms with E-state index in [9.17, 15) is 9.59 Å². The molecule has 0 unspecified atom stereocenters. The number of aromatic nitrogens is 2. The number of carbonyl (C=O) groups excluding carboxylic acids is 1. The first kappa shape index (κ1) is 20.0. The molecule has 1 amide bonds. The first-order valence-corrected chi connectivity index (χ1v) is 10.5. The average Bonchev–Trinajstić information content (AvgIpc) is 3.37. The third kappa shape index (κ3) is 4.64. The third-order valence-electron chi connectivity index (χ3n) is 5.52. The van der Waals surface area contributed by atoms with Crippen molar-refractivity contribution in [3.63, 3.8) is 0 Å². The van der Waals surface area contributed by atoms with Gasteiger partial charge >= 0.3 is 5.69 Å². The second kappa shape index (κ2) is 9.03. The summed E-state index contributed by atoms with van der Waals surface area (Å²) >= 11 is 0. The zero-order valence-electron chi connectivity index (χ0n) is 17.2. The van der Waals surface area contributed by atoms with Crippen molar-refractivity contribution in [3.8, 4) is 11.4 Å². The van der Waals surface area contributed by atoms with Crippen molar-refractivity contribution in [2.24, 2.45) is 0 Å². The molecule has 1 fully saturated rings. The Morgan fingerprint density at radius 3 is 2.73 bits per heavy atom. The number of anilines is 1. The summed E-state index contributed by atoms with van der Waals surface area (Å²) in [6.07, 6.45) is 7.66. The van der Waals surface area contributed by atoms with Gasteiger partial charge in [-0.2, -0.15) is 0 Å². The topological polar surface area (TPSA) is 76.1 Å². The van der Waals surface area contributed by atoms with Crippen molar-refractivity contribution in [2.75, 3.05) is 5.32 Å². The molecule has 0 spiro atoms. The largest absolute Gasteiger partial charge is 0.490 e. The van der Waals surface area contributed by atoms with Crippen molar-refractivity contribution < 1.29 is 9.53 Å². The van der Waals surface area contributed by atoms with Gasteiger partial charge in [-0.15, -0.1) is 0 Å². The summed E-state index contributed by atoms with van der Waals surface area (Å²) in [6, 6.07) is 15.3. The number of amides is 1. The van der Waals surface area contributed by atoms with Crippen molar-refractivity contribution in [3.05, 3.63) is 76.5 Å². The van der Waals surface area contributed by atoms with Crippen LogP contribution in [0.2, 0.25) is 0 Å². The van der Waals surface area contributed by atoms with Gasteiger partial charge in [0.25, 0.3) is 0 Å². The fraction of sp³-hybridized carbons (Fsp3) is 0.333. The number of rotatable bonds is 7. The van der Waals surface area contributed by atoms with E-state index in [4.69, 9.17) is 4.74 Å². The van der Waals surface area contributed by atoms with Crippen molar-refractivity contribution in [1.82, 2.24) is 9.55 Å². The van der Waals surface area contributed by atoms with Crippen LogP contribution in [0.1, 0.15) is 43.4 Å². The maximum atomic E-state index is 12.6. The Bertz CT molecular complexity index is 1080. The molecule has 1 saturated carbocycles. The van der Waals surface area contributed by atoms with Gasteiger partial charge < -0.3 is 15.0 Å². The predicted octanol–water partition coefficient (Wildman–Crippen LogP) is 4.37. The fourth-order valence-corrected chi connectivity index (χ4v) is 3.97. The van der Waals surface area contributed by atoms with Gasteiger partial charge in [0.05, 0.1) is 17.5 Å². The molecule has 3 aromatic rings. The van der Waals surface area contributed by atoms with Crippen LogP contribution in [0.3, 0.4) is 0 Å².